The number of amides is 3. The molecule has 1 saturated heterocycles. The lowest BCUT2D eigenvalue weighted by molar-refractivity contribution is -0.137. The first-order valence-electron chi connectivity index (χ1n) is 16.6. The van der Waals surface area contributed by atoms with E-state index in [-0.39, 0.29) is 63.7 Å². The third-order valence-corrected chi connectivity index (χ3v) is 13.1. The molecule has 3 fully saturated rings. The first kappa shape index (κ1) is 33.6. The molecule has 2 saturated carbocycles. The number of aromatic nitrogens is 1. The fourth-order valence-electron chi connectivity index (χ4n) is 8.56. The second kappa shape index (κ2) is 12.6. The molecule has 0 radical (unpaired) electrons. The molecular weight excluding hydrogens is 704 g/mol. The number of halogens is 3. The summed E-state index contributed by atoms with van der Waals surface area (Å²) in [6.07, 6.45) is -3.81. The number of anilines is 2. The van der Waals surface area contributed by atoms with E-state index in [1.54, 1.807) is 24.8 Å². The van der Waals surface area contributed by atoms with Gasteiger partial charge in [0.05, 0.1) is 34.7 Å². The summed E-state index contributed by atoms with van der Waals surface area (Å²) in [5.74, 6) is -1.62. The van der Waals surface area contributed by atoms with Crippen molar-refractivity contribution in [1.29, 1.82) is 0 Å². The molecule has 2 aliphatic carbocycles. The topological polar surface area (TPSA) is 118 Å². The van der Waals surface area contributed by atoms with Gasteiger partial charge >= 0.3 is 11.0 Å². The highest BCUT2D eigenvalue weighted by atomic mass is 32.2. The molecule has 2 aliphatic heterocycles. The number of benzene rings is 3. The highest BCUT2D eigenvalue weighted by molar-refractivity contribution is 8.00. The molecule has 7 atom stereocenters. The van der Waals surface area contributed by atoms with Gasteiger partial charge in [-0.1, -0.05) is 41.2 Å². The van der Waals surface area contributed by atoms with Crippen LogP contribution in [0.15, 0.2) is 76.6 Å². The number of nitrogens with zero attached hydrogens (tertiary/aromatic N) is 1. The van der Waals surface area contributed by atoms with Gasteiger partial charge in [0.1, 0.15) is 0 Å². The maximum Gasteiger partial charge on any atom is 0.416 e. The molecule has 1 aromatic heterocycles. The van der Waals surface area contributed by atoms with Crippen LogP contribution in [0.2, 0.25) is 0 Å². The van der Waals surface area contributed by atoms with Crippen LogP contribution in [0.3, 0.4) is 0 Å². The lowest BCUT2D eigenvalue weighted by Crippen LogP contribution is -2.42. The van der Waals surface area contributed by atoms with E-state index in [1.807, 2.05) is 43.3 Å². The summed E-state index contributed by atoms with van der Waals surface area (Å²) in [4.78, 5) is 58.4. The molecule has 0 unspecified atom stereocenters. The van der Waals surface area contributed by atoms with E-state index >= 15 is 0 Å². The highest BCUT2D eigenvalue weighted by Crippen LogP contribution is 2.68. The second-order valence-corrected chi connectivity index (χ2v) is 15.6. The molecule has 4 aromatic rings. The Kier molecular flexibility index (Phi) is 8.29. The molecule has 2 N–H and O–H groups in total. The number of H-pyrrole nitrogens is 1. The highest BCUT2D eigenvalue weighted by Gasteiger charge is 2.69. The molecule has 9 nitrogen and oxygen atoms in total. The number of aryl methyl sites for hydroxylation is 1. The van der Waals surface area contributed by atoms with Crippen molar-refractivity contribution in [3.63, 3.8) is 0 Å². The van der Waals surface area contributed by atoms with E-state index in [9.17, 15) is 32.3 Å². The van der Waals surface area contributed by atoms with Crippen LogP contribution in [0.1, 0.15) is 40.8 Å². The zero-order chi connectivity index (χ0) is 35.8. The number of alkyl halides is 3. The smallest absolute Gasteiger partial charge is 0.416 e. The lowest BCUT2D eigenvalue weighted by Gasteiger charge is -2.43. The fraction of sp³-hybridized carbons (Fsp3) is 0.351. The van der Waals surface area contributed by atoms with Crippen molar-refractivity contribution >= 4 is 52.2 Å². The fourth-order valence-corrected chi connectivity index (χ4v) is 11.4. The lowest BCUT2D eigenvalue weighted by atomic mass is 9.68. The quantitative estimate of drug-likeness (QED) is 0.190. The Balaban J connectivity index is 1.07. The summed E-state index contributed by atoms with van der Waals surface area (Å²) in [6, 6.07) is 17.1. The Morgan fingerprint density at radius 2 is 1.71 bits per heavy atom. The Morgan fingerprint density at radius 1 is 0.961 bits per heavy atom. The van der Waals surface area contributed by atoms with E-state index < -0.39 is 36.1 Å². The van der Waals surface area contributed by atoms with Crippen molar-refractivity contribution in [2.75, 3.05) is 23.4 Å². The Morgan fingerprint density at radius 3 is 2.43 bits per heavy atom. The molecule has 8 rings (SSSR count). The van der Waals surface area contributed by atoms with Gasteiger partial charge in [-0.05, 0) is 86.1 Å². The predicted molar refractivity (Wildman–Crippen MR) is 185 cm³/mol. The molecule has 3 amide bonds. The molecule has 3 heterocycles. The van der Waals surface area contributed by atoms with Gasteiger partial charge in [-0.2, -0.15) is 13.2 Å². The van der Waals surface area contributed by atoms with E-state index in [4.69, 9.17) is 9.47 Å². The van der Waals surface area contributed by atoms with Crippen molar-refractivity contribution in [3.8, 4) is 11.5 Å². The van der Waals surface area contributed by atoms with Gasteiger partial charge in [0.15, 0.2) is 18.1 Å². The first-order chi connectivity index (χ1) is 24.4. The molecular formula is C37H32F3N3O6S2. The molecule has 0 spiro atoms. The summed E-state index contributed by atoms with van der Waals surface area (Å²) >= 11 is 2.75. The molecule has 3 aromatic carbocycles. The number of imide groups is 1. The largest absolute Gasteiger partial charge is 0.490 e. The summed E-state index contributed by atoms with van der Waals surface area (Å²) < 4.78 is 51.2. The van der Waals surface area contributed by atoms with Crippen molar-refractivity contribution < 1.29 is 37.0 Å². The zero-order valence-corrected chi connectivity index (χ0v) is 29.0. The molecule has 4 aliphatic rings. The first-order valence-corrected chi connectivity index (χ1v) is 18.3. The number of hydrogen-bond acceptors (Lipinski definition) is 8. The number of carbonyl (C=O) groups excluding carboxylic acids is 3. The Bertz CT molecular complexity index is 2110. The van der Waals surface area contributed by atoms with Crippen LogP contribution in [-0.2, 0) is 20.6 Å². The number of nitrogens with one attached hydrogen (secondary N) is 2. The average molecular weight is 736 g/mol. The molecule has 51 heavy (non-hydrogen) atoms. The zero-order valence-electron chi connectivity index (χ0n) is 27.4. The molecule has 2 bridgehead atoms. The van der Waals surface area contributed by atoms with Crippen molar-refractivity contribution in [3.05, 3.63) is 98.0 Å². The number of rotatable bonds is 8. The van der Waals surface area contributed by atoms with Gasteiger partial charge in [0, 0.05) is 21.7 Å². The van der Waals surface area contributed by atoms with E-state index in [1.165, 1.54) is 17.0 Å². The third kappa shape index (κ3) is 5.72. The van der Waals surface area contributed by atoms with Crippen molar-refractivity contribution in [2.45, 2.75) is 42.6 Å². The van der Waals surface area contributed by atoms with Crippen LogP contribution in [0.5, 0.6) is 11.5 Å². The number of ether oxygens (including phenoxy) is 2. The normalized spacial score (nSPS) is 26.1. The van der Waals surface area contributed by atoms with Gasteiger partial charge in [0.2, 0.25) is 11.8 Å². The van der Waals surface area contributed by atoms with Crippen molar-refractivity contribution in [1.82, 2.24) is 4.98 Å². The number of hydrogen-bond donors (Lipinski definition) is 2. The molecule has 264 valence electrons. The average Bonchev–Trinajstić information content (AvgIpc) is 3.83. The van der Waals surface area contributed by atoms with Gasteiger partial charge in [-0.15, -0.1) is 11.8 Å². The predicted octanol–water partition coefficient (Wildman–Crippen LogP) is 6.86. The van der Waals surface area contributed by atoms with Crippen LogP contribution < -0.4 is 24.6 Å². The maximum atomic E-state index is 14.1. The van der Waals surface area contributed by atoms with Crippen LogP contribution in [0.4, 0.5) is 24.5 Å². The van der Waals surface area contributed by atoms with Gasteiger partial charge in [-0.3, -0.25) is 24.1 Å². The van der Waals surface area contributed by atoms with Gasteiger partial charge in [-0.25, -0.2) is 0 Å². The summed E-state index contributed by atoms with van der Waals surface area (Å²) in [6.45, 7) is 3.56. The number of fused-ring (bicyclic) bond motifs is 9. The number of aromatic amines is 1. The third-order valence-electron chi connectivity index (χ3n) is 10.5. The van der Waals surface area contributed by atoms with Gasteiger partial charge < -0.3 is 19.8 Å². The van der Waals surface area contributed by atoms with E-state index in [2.05, 4.69) is 10.3 Å². The number of carbonyl (C=O) groups is 3. The maximum absolute atomic E-state index is 14.1. The number of thioether (sulfide) groups is 1. The SMILES string of the molecule is CCOc1cc([C@@H]2c3sc(=O)[nH]c3S[C@@H]3[C@@H]4C[C@@H]([C@@H]5C(=O)N(c6ccc(C)cc6)C(=O)[C@@H]45)[C@H]23)ccc1OCC(=O)Nc1cccc(C(F)(F)F)c1. The van der Waals surface area contributed by atoms with E-state index in [0.717, 1.165) is 50.9 Å². The van der Waals surface area contributed by atoms with Gasteiger partial charge in [0.25, 0.3) is 5.91 Å². The minimum absolute atomic E-state index is 0.000248. The van der Waals surface area contributed by atoms with Crippen LogP contribution in [0.25, 0.3) is 0 Å². The number of thiazole rings is 1. The summed E-state index contributed by atoms with van der Waals surface area (Å²) in [5.41, 5.74) is 1.57. The monoisotopic (exact) mass is 735 g/mol. The molecule has 14 heteroatoms. The van der Waals surface area contributed by atoms with Crippen LogP contribution >= 0.6 is 23.1 Å². The Hall–Kier alpha value is -4.56. The standard InChI is InChI=1S/C37H32F3N3O6S2/c1-3-48-25-13-18(9-12-24(25)49-16-26(44)41-20-6-4-5-19(14-20)37(38,39)40)27-28-22-15-23(31(28)50-33-32(27)51-36(47)42-33)30-29(22)34(45)43(35(30)46)21-10-7-17(2)8-11-21/h4-14,22-23,27-31H,3,15-16H2,1-2H3,(H,41,44)(H,42,47)/t22-,23-,27+,28-,29+,30+,31-/m1/s1. The van der Waals surface area contributed by atoms with Crippen molar-refractivity contribution in [2.24, 2.45) is 29.6 Å². The Labute approximate surface area is 298 Å². The summed E-state index contributed by atoms with van der Waals surface area (Å²) in [7, 11) is 0. The van der Waals surface area contributed by atoms with Crippen LogP contribution in [-0.4, -0.2) is 41.2 Å². The van der Waals surface area contributed by atoms with E-state index in [0.29, 0.717) is 11.4 Å². The second-order valence-electron chi connectivity index (χ2n) is 13.4. The minimum atomic E-state index is -4.55. The van der Waals surface area contributed by atoms with Crippen LogP contribution in [0, 0.1) is 36.5 Å². The summed E-state index contributed by atoms with van der Waals surface area (Å²) in [5, 5.41) is 3.22. The minimum Gasteiger partial charge on any atom is -0.490 e.